The van der Waals surface area contributed by atoms with Gasteiger partial charge in [0.25, 0.3) is 5.91 Å². The summed E-state index contributed by atoms with van der Waals surface area (Å²) >= 11 is 1.42. The molecule has 0 unspecified atom stereocenters. The molecule has 0 aliphatic heterocycles. The number of nitrogens with zero attached hydrogens (tertiary/aromatic N) is 2. The highest BCUT2D eigenvalue weighted by Gasteiger charge is 2.09. The first-order valence-corrected chi connectivity index (χ1v) is 6.60. The third-order valence-electron chi connectivity index (χ3n) is 2.87. The molecular formula is C13H12N4OS. The smallest absolute Gasteiger partial charge is 0.275 e. The van der Waals surface area contributed by atoms with Crippen LogP contribution in [0.2, 0.25) is 0 Å². The molecule has 1 aromatic carbocycles. The van der Waals surface area contributed by atoms with Gasteiger partial charge in [-0.1, -0.05) is 18.2 Å². The largest absolute Gasteiger partial charge is 0.289 e. The van der Waals surface area contributed by atoms with Crippen LogP contribution in [0.3, 0.4) is 0 Å². The summed E-state index contributed by atoms with van der Waals surface area (Å²) in [5.41, 5.74) is 3.22. The zero-order valence-corrected chi connectivity index (χ0v) is 10.9. The van der Waals surface area contributed by atoms with E-state index in [9.17, 15) is 4.79 Å². The van der Waals surface area contributed by atoms with E-state index in [1.807, 2.05) is 41.2 Å². The molecule has 3 aromatic rings. The van der Waals surface area contributed by atoms with Crippen LogP contribution in [0.1, 0.15) is 14.5 Å². The number of rotatable bonds is 3. The quantitative estimate of drug-likeness (QED) is 0.433. The van der Waals surface area contributed by atoms with Crippen molar-refractivity contribution in [1.82, 2.24) is 15.2 Å². The number of nitrogens with one attached hydrogen (secondary N) is 1. The number of nitrogens with two attached hydrogens (primary N) is 1. The zero-order chi connectivity index (χ0) is 13.2. The van der Waals surface area contributed by atoms with Crippen LogP contribution in [0, 0.1) is 0 Å². The Morgan fingerprint density at radius 1 is 1.32 bits per heavy atom. The first kappa shape index (κ1) is 11.9. The number of aromatic nitrogens is 2. The molecule has 0 radical (unpaired) electrons. The average Bonchev–Trinajstić information content (AvgIpc) is 3.06. The van der Waals surface area contributed by atoms with E-state index < -0.39 is 0 Å². The number of fused-ring (bicyclic) bond motifs is 1. The van der Waals surface area contributed by atoms with Crippen LogP contribution in [0.4, 0.5) is 0 Å². The molecule has 19 heavy (non-hydrogen) atoms. The maximum absolute atomic E-state index is 11.4. The molecule has 5 nitrogen and oxygen atoms in total. The lowest BCUT2D eigenvalue weighted by molar-refractivity contribution is 0.0957. The second-order valence-corrected chi connectivity index (χ2v) is 5.27. The number of thiophene rings is 1. The second-order valence-electron chi connectivity index (χ2n) is 4.10. The topological polar surface area (TPSA) is 72.9 Å². The van der Waals surface area contributed by atoms with Gasteiger partial charge in [0.2, 0.25) is 0 Å². The Bertz CT molecular complexity index is 731. The Kier molecular flexibility index (Phi) is 3.02. The summed E-state index contributed by atoms with van der Waals surface area (Å²) < 4.78 is 1.92. The number of hydrazine groups is 1. The molecule has 0 spiro atoms. The van der Waals surface area contributed by atoms with Crippen LogP contribution in [-0.2, 0) is 6.54 Å². The summed E-state index contributed by atoms with van der Waals surface area (Å²) in [6, 6.07) is 11.7. The number of carbonyl (C=O) groups excluding carboxylic acids is 1. The highest BCUT2D eigenvalue weighted by molar-refractivity contribution is 7.14. The van der Waals surface area contributed by atoms with Gasteiger partial charge in [0, 0.05) is 10.3 Å². The first-order chi connectivity index (χ1) is 9.28. The minimum atomic E-state index is -0.262. The summed E-state index contributed by atoms with van der Waals surface area (Å²) in [5.74, 6) is 4.85. The highest BCUT2D eigenvalue weighted by Crippen LogP contribution is 2.20. The van der Waals surface area contributed by atoms with Gasteiger partial charge in [-0.05, 0) is 18.2 Å². The van der Waals surface area contributed by atoms with Crippen LogP contribution in [-0.4, -0.2) is 15.7 Å². The summed E-state index contributed by atoms with van der Waals surface area (Å²) in [4.78, 5) is 13.1. The number of hydrogen-bond acceptors (Lipinski definition) is 4. The predicted molar refractivity (Wildman–Crippen MR) is 74.8 cm³/mol. The third kappa shape index (κ3) is 2.23. The molecular weight excluding hydrogens is 260 g/mol. The second kappa shape index (κ2) is 4.83. The molecule has 0 saturated heterocycles. The zero-order valence-electron chi connectivity index (χ0n) is 10.0. The fourth-order valence-corrected chi connectivity index (χ4v) is 2.85. The van der Waals surface area contributed by atoms with Crippen molar-refractivity contribution in [2.24, 2.45) is 5.84 Å². The number of para-hydroxylation sites is 1. The number of amides is 1. The summed E-state index contributed by atoms with van der Waals surface area (Å²) in [5, 5.41) is 5.47. The fourth-order valence-electron chi connectivity index (χ4n) is 1.96. The van der Waals surface area contributed by atoms with Gasteiger partial charge in [-0.15, -0.1) is 11.3 Å². The van der Waals surface area contributed by atoms with Gasteiger partial charge in [-0.3, -0.25) is 14.9 Å². The standard InChI is InChI=1S/C13H12N4OS/c14-16-13(18)12-6-5-10(19-12)8-17-11-4-2-1-3-9(11)7-15-17/h1-7H,8,14H2,(H,16,18). The van der Waals surface area contributed by atoms with Gasteiger partial charge < -0.3 is 0 Å². The van der Waals surface area contributed by atoms with E-state index in [0.717, 1.165) is 15.8 Å². The first-order valence-electron chi connectivity index (χ1n) is 5.78. The lowest BCUT2D eigenvalue weighted by Gasteiger charge is -2.00. The molecule has 3 N–H and O–H groups in total. The summed E-state index contributed by atoms with van der Waals surface area (Å²) in [6.07, 6.45) is 1.84. The van der Waals surface area contributed by atoms with Crippen molar-refractivity contribution in [1.29, 1.82) is 0 Å². The van der Waals surface area contributed by atoms with E-state index in [-0.39, 0.29) is 5.91 Å². The molecule has 3 rings (SSSR count). The van der Waals surface area contributed by atoms with Gasteiger partial charge >= 0.3 is 0 Å². The van der Waals surface area contributed by atoms with Crippen LogP contribution >= 0.6 is 11.3 Å². The van der Waals surface area contributed by atoms with E-state index in [1.54, 1.807) is 6.07 Å². The van der Waals surface area contributed by atoms with E-state index in [4.69, 9.17) is 5.84 Å². The van der Waals surface area contributed by atoms with Crippen molar-refractivity contribution in [3.8, 4) is 0 Å². The van der Waals surface area contributed by atoms with Crippen molar-refractivity contribution in [2.75, 3.05) is 0 Å². The van der Waals surface area contributed by atoms with Crippen molar-refractivity contribution in [2.45, 2.75) is 6.54 Å². The molecule has 2 heterocycles. The van der Waals surface area contributed by atoms with Gasteiger partial charge in [-0.2, -0.15) is 5.10 Å². The molecule has 0 saturated carbocycles. The molecule has 0 aliphatic carbocycles. The lowest BCUT2D eigenvalue weighted by Crippen LogP contribution is -2.29. The van der Waals surface area contributed by atoms with Crippen molar-refractivity contribution < 1.29 is 4.79 Å². The van der Waals surface area contributed by atoms with Crippen LogP contribution in [0.25, 0.3) is 10.9 Å². The van der Waals surface area contributed by atoms with Crippen molar-refractivity contribution in [3.05, 3.63) is 52.3 Å². The minimum absolute atomic E-state index is 0.262. The summed E-state index contributed by atoms with van der Waals surface area (Å²) in [7, 11) is 0. The minimum Gasteiger partial charge on any atom is -0.289 e. The monoisotopic (exact) mass is 272 g/mol. The number of carbonyl (C=O) groups is 1. The van der Waals surface area contributed by atoms with Crippen LogP contribution in [0.15, 0.2) is 42.6 Å². The Morgan fingerprint density at radius 2 is 2.16 bits per heavy atom. The molecule has 2 aromatic heterocycles. The SMILES string of the molecule is NNC(=O)c1ccc(Cn2ncc3ccccc32)s1. The summed E-state index contributed by atoms with van der Waals surface area (Å²) in [6.45, 7) is 0.649. The predicted octanol–water partition coefficient (Wildman–Crippen LogP) is 1.75. The molecule has 1 amide bonds. The molecule has 0 fully saturated rings. The van der Waals surface area contributed by atoms with Crippen molar-refractivity contribution in [3.63, 3.8) is 0 Å². The van der Waals surface area contributed by atoms with Gasteiger partial charge in [-0.25, -0.2) is 5.84 Å². The molecule has 96 valence electrons. The van der Waals surface area contributed by atoms with E-state index in [2.05, 4.69) is 10.5 Å². The van der Waals surface area contributed by atoms with Gasteiger partial charge in [0.1, 0.15) is 0 Å². The molecule has 6 heteroatoms. The lowest BCUT2D eigenvalue weighted by atomic mass is 10.2. The Morgan fingerprint density at radius 3 is 3.00 bits per heavy atom. The maximum atomic E-state index is 11.4. The normalized spacial score (nSPS) is 10.8. The number of benzene rings is 1. The Hall–Kier alpha value is -2.18. The van der Waals surface area contributed by atoms with E-state index in [0.29, 0.717) is 11.4 Å². The number of hydrogen-bond donors (Lipinski definition) is 2. The van der Waals surface area contributed by atoms with Crippen molar-refractivity contribution >= 4 is 28.1 Å². The highest BCUT2D eigenvalue weighted by atomic mass is 32.1. The average molecular weight is 272 g/mol. The van der Waals surface area contributed by atoms with Gasteiger partial charge in [0.15, 0.2) is 0 Å². The van der Waals surface area contributed by atoms with Crippen LogP contribution in [0.5, 0.6) is 0 Å². The van der Waals surface area contributed by atoms with E-state index in [1.165, 1.54) is 11.3 Å². The maximum Gasteiger partial charge on any atom is 0.275 e. The van der Waals surface area contributed by atoms with Crippen LogP contribution < -0.4 is 11.3 Å². The molecule has 0 atom stereocenters. The third-order valence-corrected chi connectivity index (χ3v) is 3.94. The Labute approximate surface area is 113 Å². The Balaban J connectivity index is 1.89. The van der Waals surface area contributed by atoms with Gasteiger partial charge in [0.05, 0.1) is 23.1 Å². The molecule has 0 aliphatic rings. The number of nitrogen functional groups attached to an aromatic ring is 1. The van der Waals surface area contributed by atoms with E-state index >= 15 is 0 Å². The fraction of sp³-hybridized carbons (Fsp3) is 0.0769. The molecule has 0 bridgehead atoms.